The highest BCUT2D eigenvalue weighted by atomic mass is 16.5. The van der Waals surface area contributed by atoms with Gasteiger partial charge < -0.3 is 14.5 Å². The van der Waals surface area contributed by atoms with Gasteiger partial charge >= 0.3 is 5.97 Å². The van der Waals surface area contributed by atoms with Crippen molar-refractivity contribution in [3.63, 3.8) is 0 Å². The van der Waals surface area contributed by atoms with Gasteiger partial charge in [-0.2, -0.15) is 5.10 Å². The van der Waals surface area contributed by atoms with E-state index in [1.165, 1.54) is 24.6 Å². The second-order valence-corrected chi connectivity index (χ2v) is 7.12. The molecule has 3 rings (SSSR count). The second kappa shape index (κ2) is 8.89. The van der Waals surface area contributed by atoms with Crippen LogP contribution in [0, 0.1) is 6.92 Å². The molecule has 1 aliphatic heterocycles. The average molecular weight is 412 g/mol. The molecule has 1 saturated heterocycles. The molecule has 30 heavy (non-hydrogen) atoms. The van der Waals surface area contributed by atoms with Crippen molar-refractivity contribution in [2.75, 3.05) is 26.2 Å². The minimum atomic E-state index is -1.07. The van der Waals surface area contributed by atoms with Gasteiger partial charge in [0, 0.05) is 44.9 Å². The van der Waals surface area contributed by atoms with Gasteiger partial charge in [0.05, 0.1) is 5.69 Å². The first-order valence-electron chi connectivity index (χ1n) is 9.69. The number of rotatable bonds is 4. The molecule has 1 unspecified atom stereocenters. The molecule has 2 aromatic rings. The monoisotopic (exact) mass is 412 g/mol. The summed E-state index contributed by atoms with van der Waals surface area (Å²) in [7, 11) is 0. The molecule has 0 N–H and O–H groups in total. The average Bonchev–Trinajstić information content (AvgIpc) is 2.73. The number of hydrogen-bond acceptors (Lipinski definition) is 6. The van der Waals surface area contributed by atoms with Crippen molar-refractivity contribution in [3.05, 3.63) is 58.0 Å². The molecule has 1 atom stereocenters. The molecule has 0 saturated carbocycles. The Labute approximate surface area is 173 Å². The molecule has 1 aromatic heterocycles. The van der Waals surface area contributed by atoms with Gasteiger partial charge in [-0.3, -0.25) is 14.4 Å². The molecule has 9 heteroatoms. The highest BCUT2D eigenvalue weighted by molar-refractivity contribution is 5.90. The van der Waals surface area contributed by atoms with Crippen LogP contribution >= 0.6 is 0 Å². The van der Waals surface area contributed by atoms with Crippen LogP contribution in [0.5, 0.6) is 0 Å². The number of nitrogens with zero attached hydrogens (tertiary/aromatic N) is 4. The van der Waals surface area contributed by atoms with Crippen LogP contribution in [0.25, 0.3) is 5.69 Å². The van der Waals surface area contributed by atoms with E-state index in [0.29, 0.717) is 37.6 Å². The van der Waals surface area contributed by atoms with E-state index in [9.17, 15) is 19.2 Å². The normalized spacial score (nSPS) is 14.9. The second-order valence-electron chi connectivity index (χ2n) is 7.12. The van der Waals surface area contributed by atoms with Crippen molar-refractivity contribution in [1.82, 2.24) is 19.6 Å². The number of aromatic nitrogens is 2. The Morgan fingerprint density at radius 2 is 1.63 bits per heavy atom. The van der Waals surface area contributed by atoms with Crippen molar-refractivity contribution >= 4 is 17.8 Å². The molecule has 158 valence electrons. The summed E-state index contributed by atoms with van der Waals surface area (Å²) in [4.78, 5) is 52.1. The van der Waals surface area contributed by atoms with Crippen molar-refractivity contribution in [3.8, 4) is 5.69 Å². The summed E-state index contributed by atoms with van der Waals surface area (Å²) in [5.41, 5.74) is 0.302. The largest absolute Gasteiger partial charge is 0.448 e. The first kappa shape index (κ1) is 21.2. The third-order valence-corrected chi connectivity index (χ3v) is 4.97. The van der Waals surface area contributed by atoms with Gasteiger partial charge in [0.25, 0.3) is 5.91 Å². The van der Waals surface area contributed by atoms with E-state index < -0.39 is 17.5 Å². The Morgan fingerprint density at radius 1 is 1.03 bits per heavy atom. The number of ether oxygens (including phenoxy) is 1. The van der Waals surface area contributed by atoms with E-state index in [4.69, 9.17) is 4.74 Å². The minimum absolute atomic E-state index is 0.0401. The molecule has 0 radical (unpaired) electrons. The maximum absolute atomic E-state index is 12.6. The number of aryl methyl sites for hydroxylation is 1. The summed E-state index contributed by atoms with van der Waals surface area (Å²) in [6.07, 6.45) is -1.07. The van der Waals surface area contributed by atoms with Gasteiger partial charge in [0.2, 0.25) is 17.0 Å². The van der Waals surface area contributed by atoms with E-state index in [2.05, 4.69) is 5.10 Å². The van der Waals surface area contributed by atoms with Crippen molar-refractivity contribution in [2.24, 2.45) is 0 Å². The SMILES string of the molecule is CC(=O)N1CCN(C(=O)C(C)OC(=O)c2nn(-c3ccccc3)c(C)cc2=O)CC1. The third kappa shape index (κ3) is 4.56. The van der Waals surface area contributed by atoms with Crippen LogP contribution in [-0.2, 0) is 14.3 Å². The molecule has 2 heterocycles. The zero-order valence-electron chi connectivity index (χ0n) is 17.2. The number of hydrogen-bond donors (Lipinski definition) is 0. The fraction of sp³-hybridized carbons (Fsp3) is 0.381. The minimum Gasteiger partial charge on any atom is -0.448 e. The van der Waals surface area contributed by atoms with Gasteiger partial charge in [-0.25, -0.2) is 9.48 Å². The maximum Gasteiger partial charge on any atom is 0.363 e. The standard InChI is InChI=1S/C21H24N4O5/c1-14-13-18(27)19(22-25(14)17-7-5-4-6-8-17)21(29)30-15(2)20(28)24-11-9-23(10-12-24)16(3)26/h4-8,13,15H,9-12H2,1-3H3. The first-order chi connectivity index (χ1) is 14.3. The van der Waals surface area contributed by atoms with Gasteiger partial charge in [0.1, 0.15) is 0 Å². The van der Waals surface area contributed by atoms with Crippen molar-refractivity contribution < 1.29 is 19.1 Å². The molecule has 0 aliphatic carbocycles. The van der Waals surface area contributed by atoms with Gasteiger partial charge in [0.15, 0.2) is 6.10 Å². The predicted molar refractivity (Wildman–Crippen MR) is 108 cm³/mol. The molecular weight excluding hydrogens is 388 g/mol. The number of esters is 1. The molecule has 9 nitrogen and oxygen atoms in total. The predicted octanol–water partition coefficient (Wildman–Crippen LogP) is 0.777. The quantitative estimate of drug-likeness (QED) is 0.688. The number of carbonyl (C=O) groups excluding carboxylic acids is 3. The Kier molecular flexibility index (Phi) is 6.29. The number of para-hydroxylation sites is 1. The molecule has 1 fully saturated rings. The summed E-state index contributed by atoms with van der Waals surface area (Å²) in [6, 6.07) is 10.4. The first-order valence-corrected chi connectivity index (χ1v) is 9.69. The zero-order valence-corrected chi connectivity index (χ0v) is 17.2. The Bertz CT molecular complexity index is 1010. The van der Waals surface area contributed by atoms with Crippen LogP contribution < -0.4 is 5.43 Å². The molecule has 1 aliphatic rings. The molecule has 0 spiro atoms. The van der Waals surface area contributed by atoms with Crippen LogP contribution in [0.1, 0.15) is 30.0 Å². The van der Waals surface area contributed by atoms with E-state index >= 15 is 0 Å². The van der Waals surface area contributed by atoms with Crippen molar-refractivity contribution in [2.45, 2.75) is 26.9 Å². The third-order valence-electron chi connectivity index (χ3n) is 4.97. The molecular formula is C21H24N4O5. The number of benzene rings is 1. The van der Waals surface area contributed by atoms with Crippen molar-refractivity contribution in [1.29, 1.82) is 0 Å². The topological polar surface area (TPSA) is 102 Å². The Morgan fingerprint density at radius 3 is 2.23 bits per heavy atom. The summed E-state index contributed by atoms with van der Waals surface area (Å²) in [6.45, 7) is 6.25. The zero-order chi connectivity index (χ0) is 21.8. The highest BCUT2D eigenvalue weighted by Crippen LogP contribution is 2.10. The van der Waals surface area contributed by atoms with E-state index in [1.54, 1.807) is 28.9 Å². The maximum atomic E-state index is 12.6. The fourth-order valence-corrected chi connectivity index (χ4v) is 3.28. The molecule has 1 aromatic carbocycles. The van der Waals surface area contributed by atoms with E-state index in [-0.39, 0.29) is 17.5 Å². The van der Waals surface area contributed by atoms with E-state index in [1.807, 2.05) is 18.2 Å². The number of carbonyl (C=O) groups is 3. The summed E-state index contributed by atoms with van der Waals surface area (Å²) in [5, 5.41) is 4.16. The van der Waals surface area contributed by atoms with Gasteiger partial charge in [-0.05, 0) is 26.0 Å². The number of piperazine rings is 1. The smallest absolute Gasteiger partial charge is 0.363 e. The number of amides is 2. The lowest BCUT2D eigenvalue weighted by atomic mass is 10.2. The van der Waals surface area contributed by atoms with Gasteiger partial charge in [-0.15, -0.1) is 0 Å². The lowest BCUT2D eigenvalue weighted by Crippen LogP contribution is -2.52. The molecule has 0 bridgehead atoms. The lowest BCUT2D eigenvalue weighted by molar-refractivity contribution is -0.144. The van der Waals surface area contributed by atoms with Crippen LogP contribution in [-0.4, -0.2) is 69.6 Å². The summed E-state index contributed by atoms with van der Waals surface area (Å²) < 4.78 is 6.73. The van der Waals surface area contributed by atoms with Crippen LogP contribution in [0.2, 0.25) is 0 Å². The van der Waals surface area contributed by atoms with Crippen LogP contribution in [0.4, 0.5) is 0 Å². The van der Waals surface area contributed by atoms with Crippen LogP contribution in [0.3, 0.4) is 0 Å². The Hall–Kier alpha value is -3.49. The van der Waals surface area contributed by atoms with Crippen LogP contribution in [0.15, 0.2) is 41.2 Å². The fourth-order valence-electron chi connectivity index (χ4n) is 3.28. The highest BCUT2D eigenvalue weighted by Gasteiger charge is 2.29. The summed E-state index contributed by atoms with van der Waals surface area (Å²) >= 11 is 0. The van der Waals surface area contributed by atoms with Gasteiger partial charge in [-0.1, -0.05) is 18.2 Å². The van der Waals surface area contributed by atoms with E-state index in [0.717, 1.165) is 0 Å². The molecule has 2 amide bonds. The Balaban J connectivity index is 1.72. The lowest BCUT2D eigenvalue weighted by Gasteiger charge is -2.35. The summed E-state index contributed by atoms with van der Waals surface area (Å²) in [5.74, 6) is -1.36.